The molecule has 2 aromatic rings. The predicted molar refractivity (Wildman–Crippen MR) is 73.3 cm³/mol. The Hall–Kier alpha value is -1.07. The number of nitrogens with zero attached hydrogens (tertiary/aromatic N) is 2. The van der Waals surface area contributed by atoms with E-state index in [2.05, 4.69) is 4.98 Å². The van der Waals surface area contributed by atoms with Crippen molar-refractivity contribution in [1.82, 2.24) is 9.55 Å². The molecule has 0 amide bonds. The maximum Gasteiger partial charge on any atom is 0.202 e. The third kappa shape index (κ3) is 2.49. The number of ether oxygens (including phenoxy) is 2. The molecule has 1 aromatic carbocycles. The Kier molecular flexibility index (Phi) is 3.50. The molecule has 1 fully saturated rings. The lowest BCUT2D eigenvalue weighted by Crippen LogP contribution is -1.97. The van der Waals surface area contributed by atoms with Crippen LogP contribution in [-0.4, -0.2) is 22.8 Å². The molecule has 0 radical (unpaired) electrons. The second kappa shape index (κ2) is 5.13. The van der Waals surface area contributed by atoms with Gasteiger partial charge in [-0.15, -0.1) is 0 Å². The maximum atomic E-state index is 6.20. The predicted octanol–water partition coefficient (Wildman–Crippen LogP) is 3.44. The van der Waals surface area contributed by atoms with Crippen LogP contribution in [0.2, 0.25) is 10.0 Å². The summed E-state index contributed by atoms with van der Waals surface area (Å²) in [5.41, 5.74) is 1.58. The van der Waals surface area contributed by atoms with Crippen LogP contribution >= 0.6 is 23.2 Å². The quantitative estimate of drug-likeness (QED) is 0.852. The summed E-state index contributed by atoms with van der Waals surface area (Å²) >= 11 is 12.1. The summed E-state index contributed by atoms with van der Waals surface area (Å²) in [7, 11) is 1.91. The van der Waals surface area contributed by atoms with Crippen LogP contribution < -0.4 is 0 Å². The van der Waals surface area contributed by atoms with E-state index in [-0.39, 0.29) is 6.29 Å². The van der Waals surface area contributed by atoms with Gasteiger partial charge in [-0.1, -0.05) is 23.2 Å². The van der Waals surface area contributed by atoms with Gasteiger partial charge in [0.15, 0.2) is 0 Å². The van der Waals surface area contributed by atoms with Gasteiger partial charge < -0.3 is 14.0 Å². The van der Waals surface area contributed by atoms with Crippen LogP contribution in [0.5, 0.6) is 0 Å². The normalized spacial score (nSPS) is 16.2. The van der Waals surface area contributed by atoms with Crippen LogP contribution in [0.4, 0.5) is 0 Å². The highest BCUT2D eigenvalue weighted by atomic mass is 35.5. The maximum absolute atomic E-state index is 6.20. The van der Waals surface area contributed by atoms with Gasteiger partial charge in [0, 0.05) is 23.8 Å². The molecule has 1 aliphatic heterocycles. The van der Waals surface area contributed by atoms with Crippen molar-refractivity contribution in [2.45, 2.75) is 6.29 Å². The highest BCUT2D eigenvalue weighted by molar-refractivity contribution is 6.36. The molecule has 100 valence electrons. The summed E-state index contributed by atoms with van der Waals surface area (Å²) in [5, 5.41) is 1.17. The summed E-state index contributed by atoms with van der Waals surface area (Å²) < 4.78 is 12.8. The van der Waals surface area contributed by atoms with Crippen LogP contribution in [0, 0.1) is 0 Å². The number of halogens is 2. The SMILES string of the molecule is Cn1cc(C2OCCO2)nc1-c1ccc(Cl)cc1Cl. The lowest BCUT2D eigenvalue weighted by atomic mass is 10.2. The van der Waals surface area contributed by atoms with Crippen molar-refractivity contribution >= 4 is 23.2 Å². The van der Waals surface area contributed by atoms with E-state index >= 15 is 0 Å². The number of aromatic nitrogens is 2. The molecular formula is C13H12Cl2N2O2. The molecular weight excluding hydrogens is 287 g/mol. The van der Waals surface area contributed by atoms with E-state index in [1.165, 1.54) is 0 Å². The summed E-state index contributed by atoms with van der Waals surface area (Å²) in [6.45, 7) is 1.19. The Morgan fingerprint density at radius 2 is 2.00 bits per heavy atom. The Bertz CT molecular complexity index is 607. The van der Waals surface area contributed by atoms with Gasteiger partial charge in [0.25, 0.3) is 0 Å². The fourth-order valence-corrected chi connectivity index (χ4v) is 2.55. The number of benzene rings is 1. The van der Waals surface area contributed by atoms with Crippen molar-refractivity contribution in [3.8, 4) is 11.4 Å². The third-order valence-corrected chi connectivity index (χ3v) is 3.48. The molecule has 0 saturated carbocycles. The lowest BCUT2D eigenvalue weighted by molar-refractivity contribution is -0.0470. The number of aryl methyl sites for hydroxylation is 1. The van der Waals surface area contributed by atoms with E-state index < -0.39 is 0 Å². The highest BCUT2D eigenvalue weighted by Crippen LogP contribution is 2.31. The molecule has 3 rings (SSSR count). The molecule has 19 heavy (non-hydrogen) atoms. The number of imidazole rings is 1. The van der Waals surface area contributed by atoms with Crippen molar-refractivity contribution in [2.24, 2.45) is 7.05 Å². The molecule has 0 aliphatic carbocycles. The minimum atomic E-state index is -0.383. The van der Waals surface area contributed by atoms with E-state index in [0.717, 1.165) is 17.1 Å². The van der Waals surface area contributed by atoms with Gasteiger partial charge in [-0.25, -0.2) is 4.98 Å². The first kappa shape index (κ1) is 12.9. The van der Waals surface area contributed by atoms with Crippen molar-refractivity contribution in [2.75, 3.05) is 13.2 Å². The Balaban J connectivity index is 2.00. The zero-order valence-electron chi connectivity index (χ0n) is 10.3. The van der Waals surface area contributed by atoms with Crippen molar-refractivity contribution in [1.29, 1.82) is 0 Å². The average Bonchev–Trinajstić information content (AvgIpc) is 2.98. The molecule has 1 aliphatic rings. The fourth-order valence-electron chi connectivity index (χ4n) is 2.05. The zero-order valence-corrected chi connectivity index (χ0v) is 11.8. The first-order valence-electron chi connectivity index (χ1n) is 5.87. The number of hydrogen-bond acceptors (Lipinski definition) is 3. The van der Waals surface area contributed by atoms with Crippen LogP contribution in [0.15, 0.2) is 24.4 Å². The summed E-state index contributed by atoms with van der Waals surface area (Å²) in [6, 6.07) is 5.35. The topological polar surface area (TPSA) is 36.3 Å². The Labute approximate surface area is 120 Å². The van der Waals surface area contributed by atoms with E-state index in [1.807, 2.05) is 23.9 Å². The molecule has 6 heteroatoms. The minimum Gasteiger partial charge on any atom is -0.345 e. The van der Waals surface area contributed by atoms with Crippen LogP contribution in [-0.2, 0) is 16.5 Å². The van der Waals surface area contributed by atoms with Gasteiger partial charge in [-0.2, -0.15) is 0 Å². The molecule has 0 spiro atoms. The number of hydrogen-bond donors (Lipinski definition) is 0. The molecule has 0 N–H and O–H groups in total. The monoisotopic (exact) mass is 298 g/mol. The van der Waals surface area contributed by atoms with Gasteiger partial charge in [0.1, 0.15) is 11.5 Å². The van der Waals surface area contributed by atoms with E-state index in [0.29, 0.717) is 23.3 Å². The minimum absolute atomic E-state index is 0.383. The fraction of sp³-hybridized carbons (Fsp3) is 0.308. The first-order valence-corrected chi connectivity index (χ1v) is 6.62. The average molecular weight is 299 g/mol. The molecule has 1 aromatic heterocycles. The summed E-state index contributed by atoms with van der Waals surface area (Å²) in [5.74, 6) is 0.760. The van der Waals surface area contributed by atoms with Crippen molar-refractivity contribution in [3.63, 3.8) is 0 Å². The van der Waals surface area contributed by atoms with Crippen molar-refractivity contribution in [3.05, 3.63) is 40.1 Å². The van der Waals surface area contributed by atoms with Crippen LogP contribution in [0.3, 0.4) is 0 Å². The van der Waals surface area contributed by atoms with Gasteiger partial charge in [-0.3, -0.25) is 0 Å². The van der Waals surface area contributed by atoms with E-state index in [9.17, 15) is 0 Å². The molecule has 1 saturated heterocycles. The molecule has 0 unspecified atom stereocenters. The smallest absolute Gasteiger partial charge is 0.202 e. The van der Waals surface area contributed by atoms with Gasteiger partial charge in [-0.05, 0) is 18.2 Å². The second-order valence-corrected chi connectivity index (χ2v) is 5.14. The largest absolute Gasteiger partial charge is 0.345 e. The number of rotatable bonds is 2. The van der Waals surface area contributed by atoms with Crippen LogP contribution in [0.1, 0.15) is 12.0 Å². The van der Waals surface area contributed by atoms with Gasteiger partial charge in [0.05, 0.1) is 18.2 Å². The zero-order chi connectivity index (χ0) is 13.4. The Morgan fingerprint density at radius 3 is 2.68 bits per heavy atom. The second-order valence-electron chi connectivity index (χ2n) is 4.30. The van der Waals surface area contributed by atoms with Crippen LogP contribution in [0.25, 0.3) is 11.4 Å². The lowest BCUT2D eigenvalue weighted by Gasteiger charge is -2.05. The summed E-state index contributed by atoms with van der Waals surface area (Å²) in [4.78, 5) is 4.54. The third-order valence-electron chi connectivity index (χ3n) is 2.93. The van der Waals surface area contributed by atoms with Gasteiger partial charge in [0.2, 0.25) is 6.29 Å². The van der Waals surface area contributed by atoms with Gasteiger partial charge >= 0.3 is 0 Å². The molecule has 0 bridgehead atoms. The summed E-state index contributed by atoms with van der Waals surface area (Å²) in [6.07, 6.45) is 1.50. The molecule has 0 atom stereocenters. The van der Waals surface area contributed by atoms with E-state index in [1.54, 1.807) is 12.1 Å². The first-order chi connectivity index (χ1) is 9.15. The van der Waals surface area contributed by atoms with Crippen molar-refractivity contribution < 1.29 is 9.47 Å². The Morgan fingerprint density at radius 1 is 1.26 bits per heavy atom. The van der Waals surface area contributed by atoms with E-state index in [4.69, 9.17) is 32.7 Å². The standard InChI is InChI=1S/C13H12Cl2N2O2/c1-17-7-11(13-18-4-5-19-13)16-12(17)9-3-2-8(14)6-10(9)15/h2-3,6-7,13H,4-5H2,1H3. The molecule has 2 heterocycles. The highest BCUT2D eigenvalue weighted by Gasteiger charge is 2.23. The molecule has 4 nitrogen and oxygen atoms in total.